The van der Waals surface area contributed by atoms with E-state index in [2.05, 4.69) is 25.8 Å². The van der Waals surface area contributed by atoms with Crippen molar-refractivity contribution in [2.75, 3.05) is 6.54 Å². The number of thiazole rings is 1. The Kier molecular flexibility index (Phi) is 4.35. The van der Waals surface area contributed by atoms with Crippen molar-refractivity contribution in [1.82, 2.24) is 30.5 Å². The summed E-state index contributed by atoms with van der Waals surface area (Å²) < 4.78 is 1.61. The van der Waals surface area contributed by atoms with Gasteiger partial charge in [-0.25, -0.2) is 9.67 Å². The zero-order chi connectivity index (χ0) is 12.8. The van der Waals surface area contributed by atoms with E-state index in [1.54, 1.807) is 29.1 Å². The molecule has 0 aliphatic rings. The van der Waals surface area contributed by atoms with Crippen LogP contribution in [0.25, 0.3) is 0 Å². The third-order valence-corrected chi connectivity index (χ3v) is 3.25. The van der Waals surface area contributed by atoms with E-state index in [9.17, 15) is 4.79 Å². The second-order valence-electron chi connectivity index (χ2n) is 3.73. The summed E-state index contributed by atoms with van der Waals surface area (Å²) in [5.41, 5.74) is 0. The Labute approximate surface area is 108 Å². The minimum absolute atomic E-state index is 0.00135. The molecular weight excluding hydrogens is 252 g/mol. The van der Waals surface area contributed by atoms with Gasteiger partial charge in [-0.3, -0.25) is 4.79 Å². The van der Waals surface area contributed by atoms with Crippen LogP contribution in [-0.2, 0) is 17.8 Å². The molecule has 0 unspecified atom stereocenters. The fourth-order valence-corrected chi connectivity index (χ4v) is 2.06. The molecule has 2 aromatic rings. The highest BCUT2D eigenvalue weighted by Gasteiger charge is 2.05. The number of rotatable bonds is 6. The molecular formula is C10H14N6OS. The van der Waals surface area contributed by atoms with Gasteiger partial charge in [0.2, 0.25) is 5.91 Å². The number of amides is 1. The standard InChI is InChI=1S/C10H14N6OS/c1-8-13-14-15-16(8)6-3-9(17)11-4-2-10-12-5-7-18-10/h5,7H,2-4,6H2,1H3,(H,11,17). The first-order valence-electron chi connectivity index (χ1n) is 5.63. The van der Waals surface area contributed by atoms with Crippen molar-refractivity contribution in [2.45, 2.75) is 26.3 Å². The summed E-state index contributed by atoms with van der Waals surface area (Å²) in [6.07, 6.45) is 2.92. The highest BCUT2D eigenvalue weighted by Crippen LogP contribution is 2.03. The smallest absolute Gasteiger partial charge is 0.221 e. The molecule has 0 radical (unpaired) electrons. The highest BCUT2D eigenvalue weighted by molar-refractivity contribution is 7.09. The van der Waals surface area contributed by atoms with Crippen molar-refractivity contribution >= 4 is 17.2 Å². The predicted octanol–water partition coefficient (Wildman–Crippen LogP) is 0.187. The van der Waals surface area contributed by atoms with E-state index >= 15 is 0 Å². The monoisotopic (exact) mass is 266 g/mol. The molecule has 0 aliphatic heterocycles. The number of nitrogens with zero attached hydrogens (tertiary/aromatic N) is 5. The molecule has 0 fully saturated rings. The summed E-state index contributed by atoms with van der Waals surface area (Å²) in [7, 11) is 0. The van der Waals surface area contributed by atoms with Gasteiger partial charge in [0.15, 0.2) is 0 Å². The van der Waals surface area contributed by atoms with E-state index < -0.39 is 0 Å². The van der Waals surface area contributed by atoms with E-state index in [4.69, 9.17) is 0 Å². The summed E-state index contributed by atoms with van der Waals surface area (Å²) in [6, 6.07) is 0. The Balaban J connectivity index is 1.65. The van der Waals surface area contributed by atoms with Gasteiger partial charge in [0, 0.05) is 31.0 Å². The van der Waals surface area contributed by atoms with Gasteiger partial charge in [0.25, 0.3) is 0 Å². The van der Waals surface area contributed by atoms with Crippen molar-refractivity contribution in [3.05, 3.63) is 22.4 Å². The molecule has 0 saturated carbocycles. The zero-order valence-electron chi connectivity index (χ0n) is 10.0. The van der Waals surface area contributed by atoms with Crippen LogP contribution >= 0.6 is 11.3 Å². The Hall–Kier alpha value is -1.83. The van der Waals surface area contributed by atoms with Crippen molar-refractivity contribution in [1.29, 1.82) is 0 Å². The van der Waals surface area contributed by atoms with Crippen LogP contribution in [0.15, 0.2) is 11.6 Å². The molecule has 0 aromatic carbocycles. The molecule has 18 heavy (non-hydrogen) atoms. The quantitative estimate of drug-likeness (QED) is 0.806. The van der Waals surface area contributed by atoms with Crippen LogP contribution in [-0.4, -0.2) is 37.6 Å². The minimum atomic E-state index is 0.00135. The summed E-state index contributed by atoms with van der Waals surface area (Å²) in [5, 5.41) is 16.9. The largest absolute Gasteiger partial charge is 0.356 e. The van der Waals surface area contributed by atoms with Gasteiger partial charge in [-0.2, -0.15) is 0 Å². The normalized spacial score (nSPS) is 10.5. The molecule has 1 N–H and O–H groups in total. The maximum atomic E-state index is 11.6. The van der Waals surface area contributed by atoms with Gasteiger partial charge in [-0.1, -0.05) is 0 Å². The van der Waals surface area contributed by atoms with Crippen molar-refractivity contribution < 1.29 is 4.79 Å². The second kappa shape index (κ2) is 6.20. The van der Waals surface area contributed by atoms with Gasteiger partial charge in [-0.05, 0) is 17.4 Å². The molecule has 2 aromatic heterocycles. The van der Waals surface area contributed by atoms with Crippen molar-refractivity contribution in [3.8, 4) is 0 Å². The summed E-state index contributed by atoms with van der Waals surface area (Å²) in [4.78, 5) is 15.7. The Morgan fingerprint density at radius 1 is 1.56 bits per heavy atom. The van der Waals surface area contributed by atoms with Gasteiger partial charge in [0.1, 0.15) is 5.82 Å². The van der Waals surface area contributed by atoms with E-state index in [0.717, 1.165) is 11.4 Å². The number of aromatic nitrogens is 5. The lowest BCUT2D eigenvalue weighted by atomic mass is 10.3. The molecule has 1 amide bonds. The average Bonchev–Trinajstić information content (AvgIpc) is 2.98. The Bertz CT molecular complexity index is 494. The third kappa shape index (κ3) is 3.59. The molecule has 0 aliphatic carbocycles. The minimum Gasteiger partial charge on any atom is -0.356 e. The van der Waals surface area contributed by atoms with Crippen LogP contribution in [0, 0.1) is 6.92 Å². The first kappa shape index (κ1) is 12.6. The van der Waals surface area contributed by atoms with Gasteiger partial charge >= 0.3 is 0 Å². The molecule has 0 saturated heterocycles. The molecule has 8 heteroatoms. The Morgan fingerprint density at radius 3 is 3.11 bits per heavy atom. The number of tetrazole rings is 1. The van der Waals surface area contributed by atoms with Crippen molar-refractivity contribution in [3.63, 3.8) is 0 Å². The number of hydrogen-bond acceptors (Lipinski definition) is 6. The number of nitrogens with one attached hydrogen (secondary N) is 1. The topological polar surface area (TPSA) is 85.6 Å². The number of carbonyl (C=O) groups is 1. The number of hydrogen-bond donors (Lipinski definition) is 1. The molecule has 0 bridgehead atoms. The van der Waals surface area contributed by atoms with E-state index in [-0.39, 0.29) is 5.91 Å². The van der Waals surface area contributed by atoms with E-state index in [0.29, 0.717) is 25.3 Å². The fraction of sp³-hybridized carbons (Fsp3) is 0.500. The number of aryl methyl sites for hydroxylation is 2. The lowest BCUT2D eigenvalue weighted by molar-refractivity contribution is -0.121. The van der Waals surface area contributed by atoms with Gasteiger partial charge in [0.05, 0.1) is 11.6 Å². The first-order valence-corrected chi connectivity index (χ1v) is 6.51. The highest BCUT2D eigenvalue weighted by atomic mass is 32.1. The predicted molar refractivity (Wildman–Crippen MR) is 66.0 cm³/mol. The molecule has 7 nitrogen and oxygen atoms in total. The van der Waals surface area contributed by atoms with Crippen LogP contribution in [0.4, 0.5) is 0 Å². The fourth-order valence-electron chi connectivity index (χ4n) is 1.44. The summed E-state index contributed by atoms with van der Waals surface area (Å²) in [6.45, 7) is 2.92. The maximum Gasteiger partial charge on any atom is 0.221 e. The maximum absolute atomic E-state index is 11.6. The van der Waals surface area contributed by atoms with Crippen LogP contribution < -0.4 is 5.32 Å². The first-order chi connectivity index (χ1) is 8.75. The van der Waals surface area contributed by atoms with E-state index in [1.807, 2.05) is 5.38 Å². The molecule has 2 heterocycles. The van der Waals surface area contributed by atoms with Gasteiger partial charge in [-0.15, -0.1) is 16.4 Å². The lowest BCUT2D eigenvalue weighted by Gasteiger charge is -2.04. The molecule has 96 valence electrons. The van der Waals surface area contributed by atoms with E-state index in [1.165, 1.54) is 0 Å². The molecule has 0 spiro atoms. The van der Waals surface area contributed by atoms with Gasteiger partial charge < -0.3 is 5.32 Å². The lowest BCUT2D eigenvalue weighted by Crippen LogP contribution is -2.26. The Morgan fingerprint density at radius 2 is 2.44 bits per heavy atom. The molecule has 2 rings (SSSR count). The third-order valence-electron chi connectivity index (χ3n) is 2.41. The van der Waals surface area contributed by atoms with Crippen LogP contribution in [0.2, 0.25) is 0 Å². The summed E-state index contributed by atoms with van der Waals surface area (Å²) >= 11 is 1.59. The van der Waals surface area contributed by atoms with Crippen LogP contribution in [0.3, 0.4) is 0 Å². The molecule has 0 atom stereocenters. The number of carbonyl (C=O) groups excluding carboxylic acids is 1. The van der Waals surface area contributed by atoms with Crippen molar-refractivity contribution in [2.24, 2.45) is 0 Å². The SMILES string of the molecule is Cc1nnnn1CCC(=O)NCCc1nccs1. The summed E-state index contributed by atoms with van der Waals surface area (Å²) in [5.74, 6) is 0.715. The zero-order valence-corrected chi connectivity index (χ0v) is 10.9. The van der Waals surface area contributed by atoms with Crippen LogP contribution in [0.5, 0.6) is 0 Å². The average molecular weight is 266 g/mol. The van der Waals surface area contributed by atoms with Crippen LogP contribution in [0.1, 0.15) is 17.3 Å². The second-order valence-corrected chi connectivity index (χ2v) is 4.70.